The Bertz CT molecular complexity index is 1280. The number of alkyl halides is 3. The molecular formula is C23H21F3N2O5S. The molecular weight excluding hydrogens is 473 g/mol. The van der Waals surface area contributed by atoms with Crippen molar-refractivity contribution in [2.24, 2.45) is 0 Å². The summed E-state index contributed by atoms with van der Waals surface area (Å²) in [5.41, 5.74) is -0.287. The number of ether oxygens (including phenoxy) is 2. The van der Waals surface area contributed by atoms with E-state index < -0.39 is 27.7 Å². The van der Waals surface area contributed by atoms with Crippen molar-refractivity contribution in [2.75, 3.05) is 24.3 Å². The third kappa shape index (κ3) is 6.19. The van der Waals surface area contributed by atoms with E-state index in [2.05, 4.69) is 10.0 Å². The van der Waals surface area contributed by atoms with Crippen molar-refractivity contribution < 1.29 is 35.9 Å². The third-order valence-corrected chi connectivity index (χ3v) is 6.10. The molecule has 0 aromatic heterocycles. The fraction of sp³-hybridized carbons (Fsp3) is 0.174. The number of benzene rings is 3. The molecule has 0 aliphatic heterocycles. The molecule has 3 rings (SSSR count). The van der Waals surface area contributed by atoms with Gasteiger partial charge in [-0.3, -0.25) is 9.52 Å². The number of hydrogen-bond donors (Lipinski definition) is 2. The van der Waals surface area contributed by atoms with Crippen LogP contribution in [0.2, 0.25) is 0 Å². The number of methoxy groups -OCH3 is 2. The van der Waals surface area contributed by atoms with Crippen LogP contribution in [0.25, 0.3) is 0 Å². The van der Waals surface area contributed by atoms with Gasteiger partial charge in [-0.05, 0) is 54.1 Å². The Hall–Kier alpha value is -3.73. The number of sulfonamides is 1. The number of anilines is 2. The van der Waals surface area contributed by atoms with Gasteiger partial charge in [0, 0.05) is 11.4 Å². The van der Waals surface area contributed by atoms with Crippen LogP contribution < -0.4 is 19.5 Å². The number of nitrogens with one attached hydrogen (secondary N) is 2. The molecule has 11 heteroatoms. The molecule has 0 bridgehead atoms. The highest BCUT2D eigenvalue weighted by Crippen LogP contribution is 2.31. The average Bonchev–Trinajstić information content (AvgIpc) is 2.79. The molecule has 0 fully saturated rings. The summed E-state index contributed by atoms with van der Waals surface area (Å²) >= 11 is 0. The topological polar surface area (TPSA) is 93.7 Å². The van der Waals surface area contributed by atoms with Crippen molar-refractivity contribution in [3.8, 4) is 11.5 Å². The van der Waals surface area contributed by atoms with E-state index in [1.165, 1.54) is 56.7 Å². The van der Waals surface area contributed by atoms with Crippen LogP contribution >= 0.6 is 0 Å². The first-order valence-corrected chi connectivity index (χ1v) is 11.3. The monoisotopic (exact) mass is 494 g/mol. The Labute approximate surface area is 194 Å². The lowest BCUT2D eigenvalue weighted by atomic mass is 10.1. The van der Waals surface area contributed by atoms with Gasteiger partial charge in [0.25, 0.3) is 10.0 Å². The van der Waals surface area contributed by atoms with Gasteiger partial charge in [0.05, 0.1) is 26.2 Å². The number of hydrogen-bond acceptors (Lipinski definition) is 5. The first-order valence-electron chi connectivity index (χ1n) is 9.83. The molecule has 0 heterocycles. The minimum atomic E-state index is -4.53. The number of carbonyl (C=O) groups is 1. The number of carbonyl (C=O) groups excluding carboxylic acids is 1. The lowest BCUT2D eigenvalue weighted by molar-refractivity contribution is -0.137. The summed E-state index contributed by atoms with van der Waals surface area (Å²) in [5, 5.41) is 2.51. The van der Waals surface area contributed by atoms with E-state index in [0.717, 1.165) is 12.1 Å². The largest absolute Gasteiger partial charge is 0.497 e. The van der Waals surface area contributed by atoms with Crippen LogP contribution in [0.1, 0.15) is 11.1 Å². The van der Waals surface area contributed by atoms with Crippen molar-refractivity contribution in [1.82, 2.24) is 0 Å². The highest BCUT2D eigenvalue weighted by molar-refractivity contribution is 7.92. The predicted octanol–water partition coefficient (Wildman–Crippen LogP) is 4.70. The maximum atomic E-state index is 13.0. The summed E-state index contributed by atoms with van der Waals surface area (Å²) in [4.78, 5) is 12.2. The third-order valence-electron chi connectivity index (χ3n) is 4.70. The van der Waals surface area contributed by atoms with Crippen LogP contribution in [0.3, 0.4) is 0 Å². The Morgan fingerprint density at radius 2 is 1.59 bits per heavy atom. The van der Waals surface area contributed by atoms with Crippen LogP contribution in [0, 0.1) is 0 Å². The van der Waals surface area contributed by atoms with Gasteiger partial charge in [-0.1, -0.05) is 18.2 Å². The zero-order valence-corrected chi connectivity index (χ0v) is 19.0. The van der Waals surface area contributed by atoms with Crippen LogP contribution in [-0.2, 0) is 27.4 Å². The van der Waals surface area contributed by atoms with Gasteiger partial charge in [-0.25, -0.2) is 8.42 Å². The number of halogens is 3. The van der Waals surface area contributed by atoms with Crippen molar-refractivity contribution in [3.05, 3.63) is 77.9 Å². The van der Waals surface area contributed by atoms with Crippen LogP contribution in [0.5, 0.6) is 11.5 Å². The molecule has 0 saturated carbocycles. The summed E-state index contributed by atoms with van der Waals surface area (Å²) < 4.78 is 77.2. The molecule has 0 aliphatic rings. The highest BCUT2D eigenvalue weighted by Gasteiger charge is 2.30. The zero-order valence-electron chi connectivity index (χ0n) is 18.1. The van der Waals surface area contributed by atoms with Crippen molar-refractivity contribution >= 4 is 27.3 Å². The Morgan fingerprint density at radius 1 is 0.912 bits per heavy atom. The SMILES string of the molecule is COc1ccc(NS(=O)(=O)c2cc(NC(=O)Cc3cccc(C(F)(F)F)c3)ccc2OC)cc1. The second-order valence-corrected chi connectivity index (χ2v) is 8.77. The summed E-state index contributed by atoms with van der Waals surface area (Å²) in [6, 6.07) is 14.6. The molecule has 0 unspecified atom stereocenters. The standard InChI is InChI=1S/C23H21F3N2O5S/c1-32-19-9-6-17(7-10-19)28-34(30,31)21-14-18(8-11-20(21)33-2)27-22(29)13-15-4-3-5-16(12-15)23(24,25)26/h3-12,14,28H,13H2,1-2H3,(H,27,29). The first-order chi connectivity index (χ1) is 16.0. The second kappa shape index (κ2) is 10.0. The smallest absolute Gasteiger partial charge is 0.416 e. The summed E-state index contributed by atoms with van der Waals surface area (Å²) in [6.07, 6.45) is -4.86. The van der Waals surface area contributed by atoms with Gasteiger partial charge in [-0.2, -0.15) is 13.2 Å². The average molecular weight is 494 g/mol. The first kappa shape index (κ1) is 24.9. The van der Waals surface area contributed by atoms with Gasteiger partial charge < -0.3 is 14.8 Å². The number of rotatable bonds is 8. The van der Waals surface area contributed by atoms with E-state index in [-0.39, 0.29) is 34.0 Å². The minimum absolute atomic E-state index is 0.0388. The lowest BCUT2D eigenvalue weighted by Gasteiger charge is -2.14. The van der Waals surface area contributed by atoms with Gasteiger partial charge in [-0.15, -0.1) is 0 Å². The van der Waals surface area contributed by atoms with Gasteiger partial charge in [0.2, 0.25) is 5.91 Å². The number of amides is 1. The molecule has 2 N–H and O–H groups in total. The van der Waals surface area contributed by atoms with E-state index >= 15 is 0 Å². The van der Waals surface area contributed by atoms with Crippen LogP contribution in [-0.4, -0.2) is 28.5 Å². The van der Waals surface area contributed by atoms with Crippen molar-refractivity contribution in [3.63, 3.8) is 0 Å². The Balaban J connectivity index is 1.79. The maximum Gasteiger partial charge on any atom is 0.416 e. The molecule has 34 heavy (non-hydrogen) atoms. The second-order valence-electron chi connectivity index (χ2n) is 7.12. The molecule has 3 aromatic carbocycles. The highest BCUT2D eigenvalue weighted by atomic mass is 32.2. The normalized spacial score (nSPS) is 11.6. The molecule has 180 valence electrons. The molecule has 0 radical (unpaired) electrons. The molecule has 0 aliphatic carbocycles. The van der Waals surface area contributed by atoms with E-state index in [4.69, 9.17) is 9.47 Å². The van der Waals surface area contributed by atoms with E-state index in [1.807, 2.05) is 0 Å². The van der Waals surface area contributed by atoms with Gasteiger partial charge in [0.15, 0.2) is 0 Å². The van der Waals surface area contributed by atoms with E-state index in [9.17, 15) is 26.4 Å². The maximum absolute atomic E-state index is 13.0. The summed E-state index contributed by atoms with van der Waals surface area (Å²) in [5.74, 6) is -0.0288. The molecule has 0 saturated heterocycles. The van der Waals surface area contributed by atoms with Gasteiger partial charge in [0.1, 0.15) is 16.4 Å². The molecule has 0 spiro atoms. The zero-order chi connectivity index (χ0) is 24.9. The van der Waals surface area contributed by atoms with Crippen molar-refractivity contribution in [2.45, 2.75) is 17.5 Å². The lowest BCUT2D eigenvalue weighted by Crippen LogP contribution is -2.17. The predicted molar refractivity (Wildman–Crippen MR) is 121 cm³/mol. The Kier molecular flexibility index (Phi) is 7.35. The Morgan fingerprint density at radius 3 is 2.21 bits per heavy atom. The van der Waals surface area contributed by atoms with E-state index in [1.54, 1.807) is 12.1 Å². The molecule has 1 amide bonds. The van der Waals surface area contributed by atoms with Crippen LogP contribution in [0.4, 0.5) is 24.5 Å². The quantitative estimate of drug-likeness (QED) is 0.473. The molecule has 7 nitrogen and oxygen atoms in total. The minimum Gasteiger partial charge on any atom is -0.497 e. The summed E-state index contributed by atoms with van der Waals surface area (Å²) in [6.45, 7) is 0. The molecule has 3 aromatic rings. The molecule has 0 atom stereocenters. The summed E-state index contributed by atoms with van der Waals surface area (Å²) in [7, 11) is -1.32. The van der Waals surface area contributed by atoms with Crippen molar-refractivity contribution in [1.29, 1.82) is 0 Å². The van der Waals surface area contributed by atoms with Crippen LogP contribution in [0.15, 0.2) is 71.6 Å². The van der Waals surface area contributed by atoms with Gasteiger partial charge >= 0.3 is 6.18 Å². The van der Waals surface area contributed by atoms with E-state index in [0.29, 0.717) is 5.75 Å². The fourth-order valence-electron chi connectivity index (χ4n) is 3.08. The fourth-order valence-corrected chi connectivity index (χ4v) is 4.34.